The molecule has 56 heavy (non-hydrogen) atoms. The molecule has 0 bridgehead atoms. The minimum absolute atomic E-state index is 0.886. The standard InChI is InChI=1S/C54H33NO/c1-4-12-34(13-5-1)53-47-31-25-39(33-50(47)56-54(53)37-14-6-2-7-15-37)42-27-21-36-22-29-45-41(26-20-35-23-30-46(42)52(36)51(35)45)38-24-28-44-43-18-10-11-19-48(43)55(49(44)32-38)40-16-8-3-9-17-40/h1-33H. The SMILES string of the molecule is c1ccc(-c2oc3cc(-c4ccc5ccc6c(-c7ccc8c9ccccc9n(-c9ccccc9)c8c7)ccc7ccc4c5c76)ccc3c2-c2ccccc2)cc1. The van der Waals surface area contributed by atoms with Crippen LogP contribution in [0.5, 0.6) is 0 Å². The van der Waals surface area contributed by atoms with E-state index in [2.05, 4.69) is 199 Å². The Morgan fingerprint density at radius 3 is 1.54 bits per heavy atom. The number of para-hydroxylation sites is 2. The topological polar surface area (TPSA) is 18.1 Å². The molecule has 12 rings (SSSR count). The third-order valence-electron chi connectivity index (χ3n) is 11.8. The third-order valence-corrected chi connectivity index (χ3v) is 11.8. The number of furan rings is 1. The van der Waals surface area contributed by atoms with Crippen LogP contribution in [-0.2, 0) is 0 Å². The highest BCUT2D eigenvalue weighted by Gasteiger charge is 2.20. The Hall–Kier alpha value is -7.42. The number of hydrogen-bond acceptors (Lipinski definition) is 1. The van der Waals surface area contributed by atoms with Gasteiger partial charge in [0.25, 0.3) is 0 Å². The van der Waals surface area contributed by atoms with Crippen molar-refractivity contribution in [2.45, 2.75) is 0 Å². The van der Waals surface area contributed by atoms with Crippen LogP contribution in [0, 0.1) is 0 Å². The van der Waals surface area contributed by atoms with Crippen LogP contribution in [-0.4, -0.2) is 4.57 Å². The van der Waals surface area contributed by atoms with Gasteiger partial charge < -0.3 is 8.98 Å². The quantitative estimate of drug-likeness (QED) is 0.163. The Morgan fingerprint density at radius 2 is 0.857 bits per heavy atom. The van der Waals surface area contributed by atoms with E-state index in [0.717, 1.165) is 39.0 Å². The molecule has 0 radical (unpaired) electrons. The highest BCUT2D eigenvalue weighted by Crippen LogP contribution is 2.46. The number of fused-ring (bicyclic) bond motifs is 4. The Labute approximate surface area is 323 Å². The lowest BCUT2D eigenvalue weighted by molar-refractivity contribution is 0.632. The average molecular weight is 712 g/mol. The molecule has 0 aliphatic rings. The van der Waals surface area contributed by atoms with Crippen LogP contribution < -0.4 is 0 Å². The fourth-order valence-electron chi connectivity index (χ4n) is 9.25. The molecule has 260 valence electrons. The first-order valence-corrected chi connectivity index (χ1v) is 19.3. The van der Waals surface area contributed by atoms with Gasteiger partial charge in [-0.3, -0.25) is 0 Å². The number of aromatic nitrogens is 1. The first-order chi connectivity index (χ1) is 27.8. The normalized spacial score (nSPS) is 11.9. The van der Waals surface area contributed by atoms with Gasteiger partial charge in [0.1, 0.15) is 11.3 Å². The summed E-state index contributed by atoms with van der Waals surface area (Å²) in [6.07, 6.45) is 0. The van der Waals surface area contributed by atoms with E-state index in [-0.39, 0.29) is 0 Å². The summed E-state index contributed by atoms with van der Waals surface area (Å²) in [5.74, 6) is 0.897. The van der Waals surface area contributed by atoms with Gasteiger partial charge in [-0.2, -0.15) is 0 Å². The van der Waals surface area contributed by atoms with Gasteiger partial charge in [-0.1, -0.05) is 164 Å². The molecule has 2 heterocycles. The maximum absolute atomic E-state index is 6.78. The van der Waals surface area contributed by atoms with Crippen molar-refractivity contribution < 1.29 is 4.42 Å². The Kier molecular flexibility index (Phi) is 6.66. The Balaban J connectivity index is 1.05. The van der Waals surface area contributed by atoms with Crippen molar-refractivity contribution in [3.63, 3.8) is 0 Å². The first kappa shape index (κ1) is 31.0. The Morgan fingerprint density at radius 1 is 0.339 bits per heavy atom. The van der Waals surface area contributed by atoms with Gasteiger partial charge in [0, 0.05) is 33.0 Å². The average Bonchev–Trinajstić information content (AvgIpc) is 3.82. The molecule has 0 spiro atoms. The van der Waals surface area contributed by atoms with Crippen LogP contribution in [0.15, 0.2) is 205 Å². The van der Waals surface area contributed by atoms with Crippen LogP contribution in [0.3, 0.4) is 0 Å². The molecule has 0 saturated carbocycles. The van der Waals surface area contributed by atoms with Crippen LogP contribution in [0.2, 0.25) is 0 Å². The lowest BCUT2D eigenvalue weighted by Crippen LogP contribution is -1.93. The van der Waals surface area contributed by atoms with E-state index in [0.29, 0.717) is 0 Å². The molecule has 0 unspecified atom stereocenters. The molecule has 0 amide bonds. The smallest absolute Gasteiger partial charge is 0.143 e. The van der Waals surface area contributed by atoms with Crippen molar-refractivity contribution in [3.8, 4) is 50.4 Å². The van der Waals surface area contributed by atoms with Crippen LogP contribution >= 0.6 is 0 Å². The summed E-state index contributed by atoms with van der Waals surface area (Å²) in [5.41, 5.74) is 12.6. The summed E-state index contributed by atoms with van der Waals surface area (Å²) in [6, 6.07) is 72.6. The molecule has 0 fully saturated rings. The maximum Gasteiger partial charge on any atom is 0.143 e. The number of benzene rings is 10. The zero-order valence-electron chi connectivity index (χ0n) is 30.4. The van der Waals surface area contributed by atoms with E-state index in [1.165, 1.54) is 76.5 Å². The molecule has 0 N–H and O–H groups in total. The van der Waals surface area contributed by atoms with Crippen LogP contribution in [0.1, 0.15) is 0 Å². The molecular weight excluding hydrogens is 679 g/mol. The maximum atomic E-state index is 6.78. The van der Waals surface area contributed by atoms with Gasteiger partial charge in [-0.15, -0.1) is 0 Å². The molecular formula is C54H33NO. The second-order valence-electron chi connectivity index (χ2n) is 14.8. The van der Waals surface area contributed by atoms with Gasteiger partial charge in [0.05, 0.1) is 11.0 Å². The summed E-state index contributed by atoms with van der Waals surface area (Å²) in [7, 11) is 0. The van der Waals surface area contributed by atoms with Crippen molar-refractivity contribution in [1.29, 1.82) is 0 Å². The summed E-state index contributed by atoms with van der Waals surface area (Å²) in [5, 5.41) is 11.3. The van der Waals surface area contributed by atoms with Gasteiger partial charge in [0.2, 0.25) is 0 Å². The minimum atomic E-state index is 0.886. The molecule has 0 saturated heterocycles. The molecule has 2 nitrogen and oxygen atoms in total. The van der Waals surface area contributed by atoms with Crippen molar-refractivity contribution in [1.82, 2.24) is 4.57 Å². The summed E-state index contributed by atoms with van der Waals surface area (Å²) < 4.78 is 9.18. The van der Waals surface area contributed by atoms with E-state index in [1.807, 2.05) is 6.07 Å². The second-order valence-corrected chi connectivity index (χ2v) is 14.8. The fraction of sp³-hybridized carbons (Fsp3) is 0. The lowest BCUT2D eigenvalue weighted by Gasteiger charge is -2.17. The summed E-state index contributed by atoms with van der Waals surface area (Å²) in [4.78, 5) is 0. The monoisotopic (exact) mass is 711 g/mol. The van der Waals surface area contributed by atoms with Crippen LogP contribution in [0.4, 0.5) is 0 Å². The van der Waals surface area contributed by atoms with Gasteiger partial charge in [0.15, 0.2) is 0 Å². The van der Waals surface area contributed by atoms with Gasteiger partial charge >= 0.3 is 0 Å². The summed E-state index contributed by atoms with van der Waals surface area (Å²) >= 11 is 0. The van der Waals surface area contributed by atoms with Gasteiger partial charge in [-0.05, 0) is 96.5 Å². The number of hydrogen-bond donors (Lipinski definition) is 0. The number of rotatable bonds is 5. The minimum Gasteiger partial charge on any atom is -0.455 e. The molecule has 2 aromatic heterocycles. The van der Waals surface area contributed by atoms with Crippen LogP contribution in [0.25, 0.3) is 115 Å². The highest BCUT2D eigenvalue weighted by molar-refractivity contribution is 6.28. The predicted octanol–water partition coefficient (Wildman–Crippen LogP) is 15.1. The van der Waals surface area contributed by atoms with Crippen molar-refractivity contribution in [2.24, 2.45) is 0 Å². The van der Waals surface area contributed by atoms with E-state index in [4.69, 9.17) is 4.42 Å². The van der Waals surface area contributed by atoms with Crippen molar-refractivity contribution >= 4 is 65.1 Å². The number of nitrogens with zero attached hydrogens (tertiary/aromatic N) is 1. The summed E-state index contributed by atoms with van der Waals surface area (Å²) in [6.45, 7) is 0. The Bertz CT molecular complexity index is 3450. The molecule has 2 heteroatoms. The van der Waals surface area contributed by atoms with E-state index < -0.39 is 0 Å². The molecule has 0 aliphatic carbocycles. The van der Waals surface area contributed by atoms with Crippen molar-refractivity contribution in [3.05, 3.63) is 200 Å². The third kappa shape index (κ3) is 4.57. The van der Waals surface area contributed by atoms with Crippen molar-refractivity contribution in [2.75, 3.05) is 0 Å². The van der Waals surface area contributed by atoms with E-state index in [9.17, 15) is 0 Å². The highest BCUT2D eigenvalue weighted by atomic mass is 16.3. The zero-order valence-corrected chi connectivity index (χ0v) is 30.4. The zero-order chi connectivity index (χ0) is 36.7. The molecule has 12 aromatic rings. The predicted molar refractivity (Wildman–Crippen MR) is 236 cm³/mol. The van der Waals surface area contributed by atoms with E-state index >= 15 is 0 Å². The lowest BCUT2D eigenvalue weighted by atomic mass is 9.87. The largest absolute Gasteiger partial charge is 0.455 e. The molecule has 0 aliphatic heterocycles. The van der Waals surface area contributed by atoms with E-state index in [1.54, 1.807) is 0 Å². The molecule has 10 aromatic carbocycles. The fourth-order valence-corrected chi connectivity index (χ4v) is 9.25. The molecule has 0 atom stereocenters. The second kappa shape index (κ2) is 12.0. The van der Waals surface area contributed by atoms with Gasteiger partial charge in [-0.25, -0.2) is 0 Å². The first-order valence-electron chi connectivity index (χ1n) is 19.3.